The van der Waals surface area contributed by atoms with Gasteiger partial charge in [0.15, 0.2) is 15.9 Å². The van der Waals surface area contributed by atoms with E-state index in [1.807, 2.05) is 0 Å². The molecule has 198 valence electrons. The predicted molar refractivity (Wildman–Crippen MR) is 141 cm³/mol. The average Bonchev–Trinajstić information content (AvgIpc) is 3.49. The summed E-state index contributed by atoms with van der Waals surface area (Å²) in [6.07, 6.45) is 3.91. The van der Waals surface area contributed by atoms with E-state index in [4.69, 9.17) is 21.3 Å². The van der Waals surface area contributed by atoms with Gasteiger partial charge in [0.25, 0.3) is 10.0 Å². The van der Waals surface area contributed by atoms with Crippen molar-refractivity contribution >= 4 is 44.8 Å². The number of pyridine rings is 1. The number of hydrogen-bond acceptors (Lipinski definition) is 9. The molecule has 0 aliphatic carbocycles. The van der Waals surface area contributed by atoms with E-state index >= 15 is 0 Å². The van der Waals surface area contributed by atoms with E-state index in [0.717, 1.165) is 0 Å². The smallest absolute Gasteiger partial charge is 0.338 e. The van der Waals surface area contributed by atoms with Crippen LogP contribution in [0.2, 0.25) is 5.02 Å². The van der Waals surface area contributed by atoms with Crippen molar-refractivity contribution in [2.75, 3.05) is 20.2 Å². The van der Waals surface area contributed by atoms with Gasteiger partial charge in [-0.1, -0.05) is 29.8 Å². The largest absolute Gasteiger partial charge is 0.466 e. The molecule has 0 saturated carbocycles. The Hall–Kier alpha value is -3.19. The number of esters is 1. The van der Waals surface area contributed by atoms with Crippen LogP contribution >= 0.6 is 22.9 Å². The number of benzene rings is 1. The molecule has 1 fully saturated rings. The van der Waals surface area contributed by atoms with Crippen molar-refractivity contribution in [3.8, 4) is 0 Å². The number of carbonyl (C=O) groups is 1. The Balaban J connectivity index is 1.53. The molecule has 5 rings (SSSR count). The molecule has 0 radical (unpaired) electrons. The summed E-state index contributed by atoms with van der Waals surface area (Å²) in [5, 5.41) is 5.50. The molecule has 1 N–H and O–H groups in total. The van der Waals surface area contributed by atoms with Gasteiger partial charge in [-0.3, -0.25) is 4.99 Å². The maximum atomic E-state index is 14.5. The molecule has 1 atom stereocenters. The zero-order valence-electron chi connectivity index (χ0n) is 20.2. The number of methoxy groups -OCH3 is 1. The number of aliphatic imine (C=N–C) groups is 1. The van der Waals surface area contributed by atoms with Crippen molar-refractivity contribution in [1.82, 2.24) is 19.6 Å². The molecule has 0 bridgehead atoms. The quantitative estimate of drug-likeness (QED) is 0.443. The second-order valence-electron chi connectivity index (χ2n) is 8.65. The number of carbonyl (C=O) groups excluding carboxylic acids is 1. The van der Waals surface area contributed by atoms with E-state index < -0.39 is 27.9 Å². The van der Waals surface area contributed by atoms with E-state index in [9.17, 15) is 17.6 Å². The van der Waals surface area contributed by atoms with Crippen molar-refractivity contribution < 1.29 is 22.3 Å². The lowest BCUT2D eigenvalue weighted by Crippen LogP contribution is -2.43. The van der Waals surface area contributed by atoms with Gasteiger partial charge in [0, 0.05) is 48.0 Å². The maximum absolute atomic E-state index is 14.5. The zero-order chi connectivity index (χ0) is 26.9. The summed E-state index contributed by atoms with van der Waals surface area (Å²) in [4.78, 5) is 26.2. The maximum Gasteiger partial charge on any atom is 0.338 e. The molecule has 2 aliphatic heterocycles. The van der Waals surface area contributed by atoms with Gasteiger partial charge in [0.1, 0.15) is 11.9 Å². The minimum absolute atomic E-state index is 0.0114. The Morgan fingerprint density at radius 3 is 2.61 bits per heavy atom. The van der Waals surface area contributed by atoms with Gasteiger partial charge in [-0.05, 0) is 31.0 Å². The van der Waals surface area contributed by atoms with Crippen LogP contribution in [0.1, 0.15) is 29.5 Å². The summed E-state index contributed by atoms with van der Waals surface area (Å²) in [7, 11) is -2.49. The highest BCUT2D eigenvalue weighted by molar-refractivity contribution is 7.89. The van der Waals surface area contributed by atoms with Gasteiger partial charge in [-0.15, -0.1) is 11.3 Å². The monoisotopic (exact) mass is 575 g/mol. The van der Waals surface area contributed by atoms with Crippen LogP contribution in [0.15, 0.2) is 75.5 Å². The number of thiazole rings is 1. The van der Waals surface area contributed by atoms with Gasteiger partial charge < -0.3 is 10.1 Å². The lowest BCUT2D eigenvalue weighted by atomic mass is 9.86. The number of amidine groups is 1. The van der Waals surface area contributed by atoms with Crippen molar-refractivity contribution in [2.24, 2.45) is 10.9 Å². The van der Waals surface area contributed by atoms with Crippen molar-refractivity contribution in [1.29, 1.82) is 0 Å². The number of hydrogen-bond donors (Lipinski definition) is 1. The molecule has 9 nitrogen and oxygen atoms in total. The molecular weight excluding hydrogens is 553 g/mol. The lowest BCUT2D eigenvalue weighted by molar-refractivity contribution is -0.136. The minimum atomic E-state index is -3.76. The number of halogens is 2. The van der Waals surface area contributed by atoms with Crippen LogP contribution in [-0.2, 0) is 19.6 Å². The Morgan fingerprint density at radius 2 is 1.95 bits per heavy atom. The normalized spacial score (nSPS) is 19.1. The molecule has 13 heteroatoms. The summed E-state index contributed by atoms with van der Waals surface area (Å²) in [6, 6.07) is 8.16. The molecule has 0 amide bonds. The molecule has 0 spiro atoms. The Morgan fingerprint density at radius 1 is 1.16 bits per heavy atom. The first-order valence-electron chi connectivity index (χ1n) is 11.7. The fourth-order valence-corrected chi connectivity index (χ4v) is 6.86. The molecule has 4 heterocycles. The van der Waals surface area contributed by atoms with E-state index in [1.165, 1.54) is 47.1 Å². The van der Waals surface area contributed by atoms with Gasteiger partial charge in [0.05, 0.1) is 17.7 Å². The third-order valence-corrected chi connectivity index (χ3v) is 9.49. The zero-order valence-corrected chi connectivity index (χ0v) is 22.6. The SMILES string of the molecule is COC(=O)C1=C(C2CCN(S(=O)(=O)c3ccccn3)CC2)NC(c2nccs2)=NC1c1cccc(F)c1Cl. The molecule has 2 aliphatic rings. The summed E-state index contributed by atoms with van der Waals surface area (Å²) >= 11 is 7.70. The molecule has 1 aromatic carbocycles. The average molecular weight is 576 g/mol. The van der Waals surface area contributed by atoms with E-state index in [2.05, 4.69) is 15.3 Å². The van der Waals surface area contributed by atoms with Crippen molar-refractivity contribution in [3.63, 3.8) is 0 Å². The highest BCUT2D eigenvalue weighted by Gasteiger charge is 2.39. The summed E-state index contributed by atoms with van der Waals surface area (Å²) in [6.45, 7) is 0.441. The summed E-state index contributed by atoms with van der Waals surface area (Å²) in [5.41, 5.74) is 1.05. The molecular formula is C25H23ClFN5O4S2. The summed E-state index contributed by atoms with van der Waals surface area (Å²) in [5.74, 6) is -1.09. The lowest BCUT2D eigenvalue weighted by Gasteiger charge is -2.36. The molecule has 38 heavy (non-hydrogen) atoms. The predicted octanol–water partition coefficient (Wildman–Crippen LogP) is 3.95. The molecule has 1 saturated heterocycles. The van der Waals surface area contributed by atoms with Crippen LogP contribution in [0.5, 0.6) is 0 Å². The second-order valence-corrected chi connectivity index (χ2v) is 11.8. The fraction of sp³-hybridized carbons (Fsp3) is 0.280. The van der Waals surface area contributed by atoms with Crippen molar-refractivity contribution in [2.45, 2.75) is 23.9 Å². The number of piperidine rings is 1. The van der Waals surface area contributed by atoms with Crippen LogP contribution in [0.3, 0.4) is 0 Å². The summed E-state index contributed by atoms with van der Waals surface area (Å²) < 4.78 is 47.1. The molecule has 3 aromatic rings. The third-order valence-electron chi connectivity index (χ3n) is 6.50. The number of allylic oxidation sites excluding steroid dienone is 1. The van der Waals surface area contributed by atoms with E-state index in [1.54, 1.807) is 29.8 Å². The second kappa shape index (κ2) is 10.9. The van der Waals surface area contributed by atoms with Gasteiger partial charge in [-0.25, -0.2) is 27.6 Å². The minimum Gasteiger partial charge on any atom is -0.466 e. The van der Waals surface area contributed by atoms with E-state index in [0.29, 0.717) is 34.9 Å². The van der Waals surface area contributed by atoms with Gasteiger partial charge >= 0.3 is 5.97 Å². The Bertz CT molecular complexity index is 1510. The molecule has 2 aromatic heterocycles. The Labute approximate surface area is 228 Å². The van der Waals surface area contributed by atoms with Crippen LogP contribution < -0.4 is 5.32 Å². The van der Waals surface area contributed by atoms with Crippen LogP contribution in [0.25, 0.3) is 0 Å². The molecule has 1 unspecified atom stereocenters. The van der Waals surface area contributed by atoms with Crippen LogP contribution in [0, 0.1) is 11.7 Å². The highest BCUT2D eigenvalue weighted by Crippen LogP contribution is 2.40. The van der Waals surface area contributed by atoms with Gasteiger partial charge in [-0.2, -0.15) is 4.31 Å². The van der Waals surface area contributed by atoms with Crippen LogP contribution in [0.4, 0.5) is 4.39 Å². The first-order valence-corrected chi connectivity index (χ1v) is 14.4. The highest BCUT2D eigenvalue weighted by atomic mass is 35.5. The first-order chi connectivity index (χ1) is 18.3. The number of nitrogens with zero attached hydrogens (tertiary/aromatic N) is 4. The number of nitrogens with one attached hydrogen (secondary N) is 1. The van der Waals surface area contributed by atoms with E-state index in [-0.39, 0.29) is 34.6 Å². The number of ether oxygens (including phenoxy) is 1. The van der Waals surface area contributed by atoms with Crippen LogP contribution in [-0.4, -0.2) is 54.7 Å². The third kappa shape index (κ3) is 4.96. The van der Waals surface area contributed by atoms with Crippen molar-refractivity contribution in [3.05, 3.63) is 86.9 Å². The fourth-order valence-electron chi connectivity index (χ4n) is 4.64. The standard InChI is InChI=1S/C25H23ClFN5O4S2/c1-36-25(33)19-21(15-8-12-32(13-9-15)38(34,35)18-7-2-3-10-28-18)30-23(24-29-11-14-37-24)31-22(19)16-5-4-6-17(27)20(16)26/h2-7,10-11,14-15,22H,8-9,12-13H2,1H3,(H,30,31). The number of aromatic nitrogens is 2. The number of sulfonamides is 1. The van der Waals surface area contributed by atoms with Gasteiger partial charge in [0.2, 0.25) is 0 Å². The number of rotatable bonds is 6. The Kier molecular flexibility index (Phi) is 7.57. The first kappa shape index (κ1) is 26.4. The topological polar surface area (TPSA) is 114 Å².